The number of rotatable bonds is 3. The van der Waals surface area contributed by atoms with Gasteiger partial charge in [0.2, 0.25) is 0 Å². The van der Waals surface area contributed by atoms with Gasteiger partial charge < -0.3 is 0 Å². The van der Waals surface area contributed by atoms with E-state index in [1.165, 1.54) is 19.4 Å². The van der Waals surface area contributed by atoms with E-state index in [4.69, 9.17) is 0 Å². The summed E-state index contributed by atoms with van der Waals surface area (Å²) in [5.41, 5.74) is 0. The minimum atomic E-state index is 0.734. The van der Waals surface area contributed by atoms with Gasteiger partial charge in [-0.1, -0.05) is 0 Å². The number of halogens is 1. The molecule has 0 heterocycles. The number of hydrogen-bond acceptors (Lipinski definition) is 1. The molecule has 3 heteroatoms. The van der Waals surface area contributed by atoms with Crippen LogP contribution in [0.15, 0.2) is 22.1 Å². The normalized spacial score (nSPS) is 10.8. The van der Waals surface area contributed by atoms with Crippen LogP contribution >= 0.6 is 15.9 Å². The summed E-state index contributed by atoms with van der Waals surface area (Å²) < 4.78 is 2.52. The zero-order chi connectivity index (χ0) is 7.11. The third kappa shape index (κ3) is 8.19. The van der Waals surface area contributed by atoms with Gasteiger partial charge in [0.15, 0.2) is 0 Å². The molecule has 0 radical (unpaired) electrons. The Bertz CT molecular complexity index is 160. The Hall–Kier alpha value is 0.188. The second-order valence-electron chi connectivity index (χ2n) is 1.12. The molecule has 0 aromatic rings. The summed E-state index contributed by atoms with van der Waals surface area (Å²) in [6.07, 6.45) is 6.19. The SMILES string of the molecule is C=C(Br)[C-]=CC=N[CH]=[W]. The van der Waals surface area contributed by atoms with E-state index in [0.29, 0.717) is 0 Å². The molecule has 0 fully saturated rings. The first kappa shape index (κ1) is 9.19. The van der Waals surface area contributed by atoms with Gasteiger partial charge in [0.25, 0.3) is 0 Å². The summed E-state index contributed by atoms with van der Waals surface area (Å²) in [5, 5.41) is 0. The molecule has 0 N–H and O–H groups in total. The minimum absolute atomic E-state index is 0.734. The fourth-order valence-electron chi connectivity index (χ4n) is 0.206. The standard InChI is InChI=1S/C6H5BrN.W/c1-6(7)4-3-5-8-2;/h2-3,5H,1H2;/q-1;. The molecule has 0 saturated heterocycles. The molecule has 0 rings (SSSR count). The van der Waals surface area contributed by atoms with E-state index in [9.17, 15) is 0 Å². The Morgan fingerprint density at radius 2 is 2.44 bits per heavy atom. The van der Waals surface area contributed by atoms with Crippen molar-refractivity contribution in [1.29, 1.82) is 0 Å². The molecule has 0 atom stereocenters. The maximum atomic E-state index is 3.85. The van der Waals surface area contributed by atoms with Crippen LogP contribution in [0.4, 0.5) is 0 Å². The first-order valence-corrected chi connectivity index (χ1v) is 4.65. The molecule has 0 amide bonds. The van der Waals surface area contributed by atoms with Gasteiger partial charge in [-0.2, -0.15) is 0 Å². The second kappa shape index (κ2) is 6.31. The van der Waals surface area contributed by atoms with Crippen molar-refractivity contribution in [3.05, 3.63) is 23.2 Å². The molecular weight excluding hydrogens is 350 g/mol. The van der Waals surface area contributed by atoms with Crippen molar-refractivity contribution >= 4 is 26.7 Å². The van der Waals surface area contributed by atoms with E-state index in [0.717, 1.165) is 4.48 Å². The van der Waals surface area contributed by atoms with Crippen LogP contribution in [0.1, 0.15) is 0 Å². The monoisotopic (exact) mass is 354 g/mol. The fourth-order valence-corrected chi connectivity index (χ4v) is 0.590. The van der Waals surface area contributed by atoms with Gasteiger partial charge in [0.05, 0.1) is 0 Å². The molecule has 0 aromatic heterocycles. The van der Waals surface area contributed by atoms with E-state index in [2.05, 4.69) is 33.6 Å². The topological polar surface area (TPSA) is 12.4 Å². The van der Waals surface area contributed by atoms with Crippen molar-refractivity contribution < 1.29 is 19.4 Å². The molecule has 9 heavy (non-hydrogen) atoms. The molecule has 0 spiro atoms. The third-order valence-corrected chi connectivity index (χ3v) is 1.13. The molecule has 1 nitrogen and oxygen atoms in total. The number of allylic oxidation sites excluding steroid dienone is 3. The van der Waals surface area contributed by atoms with E-state index in [1.807, 2.05) is 0 Å². The van der Waals surface area contributed by atoms with Crippen LogP contribution in [0, 0.1) is 6.08 Å². The average molecular weight is 355 g/mol. The molecule has 0 unspecified atom stereocenters. The summed E-state index contributed by atoms with van der Waals surface area (Å²) in [6.45, 7) is 3.56. The summed E-state index contributed by atoms with van der Waals surface area (Å²) in [7, 11) is 0. The number of aliphatic imine (C=N–C) groups is 1. The predicted octanol–water partition coefficient (Wildman–Crippen LogP) is 1.63. The Labute approximate surface area is 74.1 Å². The first-order valence-electron chi connectivity index (χ1n) is 2.17. The van der Waals surface area contributed by atoms with Crippen LogP contribution < -0.4 is 0 Å². The van der Waals surface area contributed by atoms with E-state index in [-0.39, 0.29) is 0 Å². The molecule has 0 aliphatic rings. The Morgan fingerprint density at radius 1 is 1.78 bits per heavy atom. The van der Waals surface area contributed by atoms with Gasteiger partial charge in [0.1, 0.15) is 0 Å². The van der Waals surface area contributed by atoms with Crippen LogP contribution in [0.2, 0.25) is 0 Å². The van der Waals surface area contributed by atoms with Gasteiger partial charge in [-0.15, -0.1) is 0 Å². The van der Waals surface area contributed by atoms with Crippen molar-refractivity contribution in [3.8, 4) is 0 Å². The van der Waals surface area contributed by atoms with Crippen molar-refractivity contribution in [3.63, 3.8) is 0 Å². The van der Waals surface area contributed by atoms with Gasteiger partial charge in [0, 0.05) is 0 Å². The summed E-state index contributed by atoms with van der Waals surface area (Å²) in [5.74, 6) is 0. The van der Waals surface area contributed by atoms with Crippen molar-refractivity contribution in [2.75, 3.05) is 0 Å². The molecule has 0 saturated carbocycles. The predicted molar refractivity (Wildman–Crippen MR) is 40.4 cm³/mol. The second-order valence-corrected chi connectivity index (χ2v) is 2.83. The summed E-state index contributed by atoms with van der Waals surface area (Å²) >= 11 is 4.46. The van der Waals surface area contributed by atoms with Crippen molar-refractivity contribution in [1.82, 2.24) is 0 Å². The van der Waals surface area contributed by atoms with Gasteiger partial charge in [-0.05, 0) is 0 Å². The molecule has 0 aliphatic carbocycles. The first-order chi connectivity index (χ1) is 4.27. The summed E-state index contributed by atoms with van der Waals surface area (Å²) in [4.78, 5) is 3.85. The molecule has 0 aromatic carbocycles. The van der Waals surface area contributed by atoms with Crippen molar-refractivity contribution in [2.45, 2.75) is 0 Å². The maximum absolute atomic E-state index is 3.85. The number of hydrogen-bond donors (Lipinski definition) is 0. The van der Waals surface area contributed by atoms with Gasteiger partial charge in [-0.3, -0.25) is 0 Å². The third-order valence-electron chi connectivity index (χ3n) is 0.461. The Kier molecular flexibility index (Phi) is 6.44. The zero-order valence-corrected chi connectivity index (χ0v) is 9.19. The molecule has 0 aliphatic heterocycles. The van der Waals surface area contributed by atoms with Crippen LogP contribution in [0.5, 0.6) is 0 Å². The van der Waals surface area contributed by atoms with E-state index >= 15 is 0 Å². The molecule has 0 bridgehead atoms. The molecule has 48 valence electrons. The van der Waals surface area contributed by atoms with Gasteiger partial charge in [-0.25, -0.2) is 0 Å². The average Bonchev–Trinajstić information content (AvgIpc) is 1.80. The quantitative estimate of drug-likeness (QED) is 0.415. The van der Waals surface area contributed by atoms with Gasteiger partial charge >= 0.3 is 74.2 Å². The van der Waals surface area contributed by atoms with Crippen LogP contribution in [0.3, 0.4) is 0 Å². The Morgan fingerprint density at radius 3 is 2.89 bits per heavy atom. The van der Waals surface area contributed by atoms with E-state index < -0.39 is 0 Å². The number of nitrogens with zero attached hydrogens (tertiary/aromatic N) is 1. The van der Waals surface area contributed by atoms with Crippen LogP contribution in [0.25, 0.3) is 0 Å². The fraction of sp³-hybridized carbons (Fsp3) is 0. The Balaban J connectivity index is 3.59. The van der Waals surface area contributed by atoms with Crippen molar-refractivity contribution in [2.24, 2.45) is 4.99 Å². The zero-order valence-electron chi connectivity index (χ0n) is 4.67. The van der Waals surface area contributed by atoms with Crippen LogP contribution in [-0.2, 0) is 19.4 Å². The summed E-state index contributed by atoms with van der Waals surface area (Å²) in [6, 6.07) is 0. The van der Waals surface area contributed by atoms with E-state index in [1.54, 1.807) is 16.8 Å². The molecular formula is C6H5BrNW-. The van der Waals surface area contributed by atoms with Crippen LogP contribution in [-0.4, -0.2) is 10.7 Å².